The largest absolute Gasteiger partial charge is 0.480 e. The van der Waals surface area contributed by atoms with E-state index in [1.807, 2.05) is 0 Å². The number of carbonyl (C=O) groups is 9. The van der Waals surface area contributed by atoms with E-state index < -0.39 is 101 Å². The van der Waals surface area contributed by atoms with Gasteiger partial charge in [0.05, 0.1) is 6.04 Å². The number of carboxylic acids is 1. The second kappa shape index (κ2) is 27.2. The number of primary amides is 2. The normalized spacial score (nSPS) is 15.1. The summed E-state index contributed by atoms with van der Waals surface area (Å²) in [6.45, 7) is 3.50. The smallest absolute Gasteiger partial charge is 0.326 e. The quantitative estimate of drug-likeness (QED) is 0.0397. The number of thiol groups is 2. The molecule has 0 fully saturated rings. The number of amides is 8. The first-order valence-electron chi connectivity index (χ1n) is 18.5. The zero-order chi connectivity index (χ0) is 43.9. The number of benzene rings is 1. The molecule has 8 amide bonds. The van der Waals surface area contributed by atoms with E-state index in [1.165, 1.54) is 11.8 Å². The van der Waals surface area contributed by atoms with Crippen molar-refractivity contribution in [3.05, 3.63) is 35.9 Å². The molecule has 0 spiro atoms. The van der Waals surface area contributed by atoms with Crippen LogP contribution in [0.2, 0.25) is 0 Å². The average Bonchev–Trinajstić information content (AvgIpc) is 3.19. The van der Waals surface area contributed by atoms with Gasteiger partial charge in [-0.25, -0.2) is 4.79 Å². The molecule has 324 valence electrons. The van der Waals surface area contributed by atoms with Gasteiger partial charge in [0.25, 0.3) is 0 Å². The van der Waals surface area contributed by atoms with Crippen molar-refractivity contribution >= 4 is 90.2 Å². The predicted molar refractivity (Wildman–Crippen MR) is 224 cm³/mol. The standard InChI is InChI=1S/C36H57N9O10S3/c1-4-19(2)29(45-34(52)26(18-57)43-30(48)21(37)10-12-27(38)46)35(53)40-22(14-15-58-3)31(49)42-24(16-20-8-6-5-7-9-20)32(50)44-25(17-56)33(51)41-23(36(54)55)11-13-28(39)47/h5-9,19,21-26,29,56-57H,4,10-18,37H2,1-3H3,(H2,38,46)(H2,39,47)(H,40,53)(H,41,51)(H,42,49)(H,43,48)(H,44,50)(H,45,52)(H,54,55). The van der Waals surface area contributed by atoms with Crippen molar-refractivity contribution in [3.63, 3.8) is 0 Å². The van der Waals surface area contributed by atoms with Crippen molar-refractivity contribution in [1.82, 2.24) is 31.9 Å². The molecule has 0 aromatic heterocycles. The molecule has 0 aliphatic rings. The molecule has 1 aromatic rings. The lowest BCUT2D eigenvalue weighted by atomic mass is 9.97. The van der Waals surface area contributed by atoms with Crippen molar-refractivity contribution in [2.24, 2.45) is 23.1 Å². The number of aliphatic carboxylic acids is 1. The number of carboxylic acid groups (broad SMARTS) is 1. The molecule has 1 rings (SSSR count). The Morgan fingerprint density at radius 2 is 1.12 bits per heavy atom. The van der Waals surface area contributed by atoms with E-state index in [-0.39, 0.29) is 50.0 Å². The Bertz CT molecular complexity index is 1580. The van der Waals surface area contributed by atoms with E-state index in [9.17, 15) is 48.3 Å². The Balaban J connectivity index is 3.30. The maximum atomic E-state index is 13.9. The highest BCUT2D eigenvalue weighted by atomic mass is 32.2. The number of carbonyl (C=O) groups excluding carboxylic acids is 8. The number of thioether (sulfide) groups is 1. The third-order valence-electron chi connectivity index (χ3n) is 8.92. The maximum Gasteiger partial charge on any atom is 0.326 e. The van der Waals surface area contributed by atoms with Gasteiger partial charge in [-0.1, -0.05) is 50.6 Å². The topological polar surface area (TPSA) is 324 Å². The summed E-state index contributed by atoms with van der Waals surface area (Å²) in [5.74, 6) is -7.98. The molecule has 0 heterocycles. The lowest BCUT2D eigenvalue weighted by molar-refractivity contribution is -0.142. The number of hydrogen-bond acceptors (Lipinski definition) is 13. The van der Waals surface area contributed by atoms with Crippen LogP contribution in [0.5, 0.6) is 0 Å². The van der Waals surface area contributed by atoms with E-state index in [0.717, 1.165) is 0 Å². The minimum absolute atomic E-state index is 0.0482. The van der Waals surface area contributed by atoms with Crippen LogP contribution in [0.4, 0.5) is 0 Å². The zero-order valence-electron chi connectivity index (χ0n) is 32.7. The molecule has 19 nitrogen and oxygen atoms in total. The van der Waals surface area contributed by atoms with E-state index in [1.54, 1.807) is 50.4 Å². The monoisotopic (exact) mass is 871 g/mol. The molecular formula is C36H57N9O10S3. The average molecular weight is 872 g/mol. The molecule has 8 unspecified atom stereocenters. The van der Waals surface area contributed by atoms with Gasteiger partial charge in [-0.2, -0.15) is 37.0 Å². The van der Waals surface area contributed by atoms with Crippen LogP contribution in [-0.4, -0.2) is 124 Å². The van der Waals surface area contributed by atoms with Crippen LogP contribution in [-0.2, 0) is 49.6 Å². The predicted octanol–water partition coefficient (Wildman–Crippen LogP) is -2.26. The maximum absolute atomic E-state index is 13.9. The minimum Gasteiger partial charge on any atom is -0.480 e. The molecule has 0 saturated carbocycles. The van der Waals surface area contributed by atoms with Crippen molar-refractivity contribution in [3.8, 4) is 0 Å². The van der Waals surface area contributed by atoms with E-state index >= 15 is 0 Å². The van der Waals surface area contributed by atoms with Crippen LogP contribution in [0.3, 0.4) is 0 Å². The highest BCUT2D eigenvalue weighted by Crippen LogP contribution is 2.12. The Morgan fingerprint density at radius 1 is 0.655 bits per heavy atom. The van der Waals surface area contributed by atoms with E-state index in [2.05, 4.69) is 57.2 Å². The highest BCUT2D eigenvalue weighted by molar-refractivity contribution is 7.98. The molecule has 8 atom stereocenters. The first-order chi connectivity index (χ1) is 27.4. The molecule has 13 N–H and O–H groups in total. The van der Waals surface area contributed by atoms with Gasteiger partial charge in [0.1, 0.15) is 36.3 Å². The van der Waals surface area contributed by atoms with Crippen molar-refractivity contribution < 1.29 is 48.3 Å². The summed E-state index contributed by atoms with van der Waals surface area (Å²) in [6, 6.07) is -0.241. The third kappa shape index (κ3) is 18.8. The summed E-state index contributed by atoms with van der Waals surface area (Å²) in [7, 11) is 0. The molecule has 58 heavy (non-hydrogen) atoms. The first kappa shape index (κ1) is 51.5. The summed E-state index contributed by atoms with van der Waals surface area (Å²) >= 11 is 9.71. The minimum atomic E-state index is -1.48. The summed E-state index contributed by atoms with van der Waals surface area (Å²) in [5.41, 5.74) is 16.7. The Morgan fingerprint density at radius 3 is 1.64 bits per heavy atom. The Hall–Kier alpha value is -4.54. The fraction of sp³-hybridized carbons (Fsp3) is 0.583. The van der Waals surface area contributed by atoms with Gasteiger partial charge in [0.2, 0.25) is 47.3 Å². The second-order valence-electron chi connectivity index (χ2n) is 13.5. The molecule has 0 aliphatic heterocycles. The summed E-state index contributed by atoms with van der Waals surface area (Å²) in [4.78, 5) is 115. The molecule has 0 saturated heterocycles. The van der Waals surface area contributed by atoms with Gasteiger partial charge in [0.15, 0.2) is 0 Å². The molecule has 1 aromatic carbocycles. The van der Waals surface area contributed by atoms with Gasteiger partial charge in [-0.15, -0.1) is 0 Å². The van der Waals surface area contributed by atoms with Crippen LogP contribution in [0.1, 0.15) is 57.9 Å². The SMILES string of the molecule is CCC(C)C(NC(=O)C(CS)NC(=O)C(N)CCC(N)=O)C(=O)NC(CCSC)C(=O)NC(Cc1ccccc1)C(=O)NC(CS)C(=O)NC(CCC(N)=O)C(=O)O. The summed E-state index contributed by atoms with van der Waals surface area (Å²) < 4.78 is 0. The molecule has 0 aliphatic carbocycles. The van der Waals surface area contributed by atoms with Gasteiger partial charge < -0.3 is 54.2 Å². The van der Waals surface area contributed by atoms with Crippen LogP contribution in [0.25, 0.3) is 0 Å². The Labute approximate surface area is 352 Å². The van der Waals surface area contributed by atoms with Crippen LogP contribution < -0.4 is 49.1 Å². The number of nitrogens with one attached hydrogen (secondary N) is 6. The lowest BCUT2D eigenvalue weighted by Crippen LogP contribution is -2.61. The number of rotatable bonds is 28. The van der Waals surface area contributed by atoms with Gasteiger partial charge in [-0.05, 0) is 42.8 Å². The van der Waals surface area contributed by atoms with Crippen LogP contribution >= 0.6 is 37.0 Å². The zero-order valence-corrected chi connectivity index (χ0v) is 35.3. The van der Waals surface area contributed by atoms with Gasteiger partial charge in [0, 0.05) is 30.8 Å². The fourth-order valence-corrected chi connectivity index (χ4v) is 6.22. The summed E-state index contributed by atoms with van der Waals surface area (Å²) in [6.07, 6.45) is 1.48. The number of hydrogen-bond donors (Lipinski definition) is 12. The van der Waals surface area contributed by atoms with Gasteiger partial charge >= 0.3 is 5.97 Å². The van der Waals surface area contributed by atoms with Crippen LogP contribution in [0, 0.1) is 5.92 Å². The molecule has 0 bridgehead atoms. The number of nitrogens with two attached hydrogens (primary N) is 3. The second-order valence-corrected chi connectivity index (χ2v) is 15.2. The highest BCUT2D eigenvalue weighted by Gasteiger charge is 2.35. The van der Waals surface area contributed by atoms with Gasteiger partial charge in [-0.3, -0.25) is 38.4 Å². The molecule has 0 radical (unpaired) electrons. The van der Waals surface area contributed by atoms with Crippen molar-refractivity contribution in [2.75, 3.05) is 23.5 Å². The summed E-state index contributed by atoms with van der Waals surface area (Å²) in [5, 5.41) is 24.8. The Kier molecular flexibility index (Phi) is 24.1. The third-order valence-corrected chi connectivity index (χ3v) is 10.3. The first-order valence-corrected chi connectivity index (χ1v) is 21.2. The van der Waals surface area contributed by atoms with Crippen molar-refractivity contribution in [2.45, 2.75) is 101 Å². The lowest BCUT2D eigenvalue weighted by Gasteiger charge is -2.29. The van der Waals surface area contributed by atoms with Crippen molar-refractivity contribution in [1.29, 1.82) is 0 Å². The van der Waals surface area contributed by atoms with E-state index in [4.69, 9.17) is 17.2 Å². The van der Waals surface area contributed by atoms with Crippen LogP contribution in [0.15, 0.2) is 30.3 Å². The van der Waals surface area contributed by atoms with E-state index in [0.29, 0.717) is 17.7 Å². The molecule has 22 heteroatoms. The fourth-order valence-electron chi connectivity index (χ4n) is 5.24. The molecular weight excluding hydrogens is 815 g/mol.